The molecule has 0 aliphatic rings. The van der Waals surface area contributed by atoms with Crippen LogP contribution in [-0.2, 0) is 13.5 Å². The third-order valence-electron chi connectivity index (χ3n) is 4.33. The van der Waals surface area contributed by atoms with Crippen LogP contribution in [0.1, 0.15) is 21.5 Å². The first-order valence-corrected chi connectivity index (χ1v) is 8.40. The lowest BCUT2D eigenvalue weighted by atomic mass is 10.0. The summed E-state index contributed by atoms with van der Waals surface area (Å²) < 4.78 is 14.3. The number of aromatic nitrogens is 2. The van der Waals surface area contributed by atoms with Crippen molar-refractivity contribution in [2.75, 3.05) is 13.2 Å². The zero-order valence-electron chi connectivity index (χ0n) is 14.9. The van der Waals surface area contributed by atoms with Crippen LogP contribution in [0.25, 0.3) is 11.0 Å². The summed E-state index contributed by atoms with van der Waals surface area (Å²) in [6.45, 7) is -0.370. The molecule has 0 unspecified atom stereocenters. The summed E-state index contributed by atoms with van der Waals surface area (Å²) in [6.07, 6.45) is 1.66. The van der Waals surface area contributed by atoms with Crippen LogP contribution in [-0.4, -0.2) is 43.9 Å². The van der Waals surface area contributed by atoms with Gasteiger partial charge in [0.1, 0.15) is 22.6 Å². The van der Waals surface area contributed by atoms with E-state index in [1.807, 2.05) is 0 Å². The van der Waals surface area contributed by atoms with Crippen molar-refractivity contribution in [3.05, 3.63) is 63.3 Å². The highest BCUT2D eigenvalue weighted by molar-refractivity contribution is 6.01. The number of hydrogen-bond acceptors (Lipinski definition) is 6. The number of halogens is 1. The third kappa shape index (κ3) is 3.52. The summed E-state index contributed by atoms with van der Waals surface area (Å²) >= 11 is 0. The van der Waals surface area contributed by atoms with Crippen molar-refractivity contribution in [3.8, 4) is 11.5 Å². The van der Waals surface area contributed by atoms with E-state index in [2.05, 4.69) is 10.3 Å². The van der Waals surface area contributed by atoms with E-state index in [0.717, 1.165) is 6.07 Å². The molecule has 0 aliphatic heterocycles. The highest BCUT2D eigenvalue weighted by Gasteiger charge is 2.22. The summed E-state index contributed by atoms with van der Waals surface area (Å²) in [7, 11) is 1.44. The van der Waals surface area contributed by atoms with Gasteiger partial charge in [0, 0.05) is 32.3 Å². The van der Waals surface area contributed by atoms with E-state index in [1.165, 1.54) is 29.9 Å². The molecule has 3 aromatic rings. The Balaban J connectivity index is 2.06. The minimum absolute atomic E-state index is 0.0586. The molecule has 0 saturated heterocycles. The number of carbonyl (C=O) groups excluding carboxylic acids is 1. The number of aryl methyl sites for hydroxylation is 1. The van der Waals surface area contributed by atoms with Crippen LogP contribution in [0.3, 0.4) is 0 Å². The summed E-state index contributed by atoms with van der Waals surface area (Å²) in [5.41, 5.74) is 0.255. The Labute approximate surface area is 158 Å². The molecule has 28 heavy (non-hydrogen) atoms. The van der Waals surface area contributed by atoms with Gasteiger partial charge in [-0.15, -0.1) is 0 Å². The van der Waals surface area contributed by atoms with Crippen molar-refractivity contribution < 1.29 is 24.5 Å². The maximum absolute atomic E-state index is 13.1. The van der Waals surface area contributed by atoms with Gasteiger partial charge in [-0.25, -0.2) is 4.39 Å². The van der Waals surface area contributed by atoms with Gasteiger partial charge in [0.15, 0.2) is 5.75 Å². The second-order valence-electron chi connectivity index (χ2n) is 6.23. The Kier molecular flexibility index (Phi) is 5.27. The van der Waals surface area contributed by atoms with E-state index < -0.39 is 28.6 Å². The average molecular weight is 387 g/mol. The van der Waals surface area contributed by atoms with Crippen LogP contribution >= 0.6 is 0 Å². The zero-order valence-corrected chi connectivity index (χ0v) is 14.9. The molecular weight excluding hydrogens is 369 g/mol. The number of hydrogen-bond donors (Lipinski definition) is 4. The number of fused-ring (bicyclic) bond motifs is 1. The molecule has 2 aromatic heterocycles. The largest absolute Gasteiger partial charge is 0.508 e. The molecule has 1 amide bonds. The molecule has 0 bridgehead atoms. The molecule has 1 aromatic carbocycles. The molecule has 0 saturated carbocycles. The second kappa shape index (κ2) is 7.65. The number of rotatable bonds is 5. The second-order valence-corrected chi connectivity index (χ2v) is 6.23. The fourth-order valence-electron chi connectivity index (χ4n) is 2.90. The van der Waals surface area contributed by atoms with E-state index in [0.29, 0.717) is 16.6 Å². The molecule has 0 fully saturated rings. The molecule has 0 radical (unpaired) electrons. The Morgan fingerprint density at radius 1 is 1.29 bits per heavy atom. The average Bonchev–Trinajstić information content (AvgIpc) is 2.67. The van der Waals surface area contributed by atoms with Gasteiger partial charge < -0.3 is 25.2 Å². The molecule has 0 aliphatic carbocycles. The van der Waals surface area contributed by atoms with E-state index in [4.69, 9.17) is 5.11 Å². The van der Waals surface area contributed by atoms with Crippen molar-refractivity contribution in [2.45, 2.75) is 6.42 Å². The topological polar surface area (TPSA) is 125 Å². The van der Waals surface area contributed by atoms with Crippen LogP contribution in [0.5, 0.6) is 11.5 Å². The first-order valence-electron chi connectivity index (χ1n) is 8.40. The van der Waals surface area contributed by atoms with E-state index in [9.17, 15) is 24.2 Å². The molecule has 146 valence electrons. The lowest BCUT2D eigenvalue weighted by molar-refractivity contribution is 0.0940. The Morgan fingerprint density at radius 3 is 2.71 bits per heavy atom. The van der Waals surface area contributed by atoms with Crippen molar-refractivity contribution >= 4 is 16.9 Å². The smallest absolute Gasteiger partial charge is 0.267 e. The summed E-state index contributed by atoms with van der Waals surface area (Å²) in [5, 5.41) is 31.4. The normalized spacial score (nSPS) is 11.0. The maximum atomic E-state index is 13.1. The number of phenols is 1. The van der Waals surface area contributed by atoms with E-state index in [-0.39, 0.29) is 30.8 Å². The highest BCUT2D eigenvalue weighted by atomic mass is 19.1. The molecule has 0 spiro atoms. The van der Waals surface area contributed by atoms with Crippen LogP contribution in [0.2, 0.25) is 0 Å². The molecule has 4 N–H and O–H groups in total. The van der Waals surface area contributed by atoms with Crippen LogP contribution in [0.4, 0.5) is 4.39 Å². The number of amides is 1. The van der Waals surface area contributed by atoms with Crippen LogP contribution < -0.4 is 10.9 Å². The number of aromatic hydroxyl groups is 2. The summed E-state index contributed by atoms with van der Waals surface area (Å²) in [4.78, 5) is 28.8. The predicted molar refractivity (Wildman–Crippen MR) is 98.9 cm³/mol. The maximum Gasteiger partial charge on any atom is 0.267 e. The third-order valence-corrected chi connectivity index (χ3v) is 4.33. The number of aliphatic hydroxyl groups is 1. The lowest BCUT2D eigenvalue weighted by Crippen LogP contribution is -2.34. The standard InChI is InChI=1S/C19H18FN3O5/c1-23-13-7-10(6-11-2-3-12(20)8-14(11)25)9-22-16(13)17(26)15(19(23)28)18(27)21-4-5-24/h2-3,7-9,24-26H,4-6H2,1H3,(H,21,27). The number of phenolic OH excluding ortho intramolecular Hbond substituents is 1. The summed E-state index contributed by atoms with van der Waals surface area (Å²) in [6, 6.07) is 5.27. The monoisotopic (exact) mass is 387 g/mol. The van der Waals surface area contributed by atoms with Gasteiger partial charge in [-0.1, -0.05) is 6.07 Å². The Bertz CT molecular complexity index is 1130. The van der Waals surface area contributed by atoms with Gasteiger partial charge in [-0.2, -0.15) is 0 Å². The van der Waals surface area contributed by atoms with Crippen molar-refractivity contribution in [2.24, 2.45) is 7.05 Å². The van der Waals surface area contributed by atoms with Gasteiger partial charge in [-0.05, 0) is 23.3 Å². The minimum atomic E-state index is -0.809. The Hall–Kier alpha value is -3.46. The lowest BCUT2D eigenvalue weighted by Gasteiger charge is -2.12. The number of benzene rings is 1. The van der Waals surface area contributed by atoms with Crippen molar-refractivity contribution in [1.82, 2.24) is 14.9 Å². The van der Waals surface area contributed by atoms with Gasteiger partial charge in [-0.3, -0.25) is 14.6 Å². The van der Waals surface area contributed by atoms with E-state index >= 15 is 0 Å². The van der Waals surface area contributed by atoms with Gasteiger partial charge >= 0.3 is 0 Å². The number of aliphatic hydroxyl groups excluding tert-OH is 1. The highest BCUT2D eigenvalue weighted by Crippen LogP contribution is 2.27. The molecule has 8 nitrogen and oxygen atoms in total. The quantitative estimate of drug-likeness (QED) is 0.513. The zero-order chi connectivity index (χ0) is 20.4. The minimum Gasteiger partial charge on any atom is -0.508 e. The number of nitrogens with zero attached hydrogens (tertiary/aromatic N) is 2. The summed E-state index contributed by atoms with van der Waals surface area (Å²) in [5.74, 6) is -2.12. The SMILES string of the molecule is Cn1c(=O)c(C(=O)NCCO)c(O)c2ncc(Cc3ccc(F)cc3O)cc21. The first-order chi connectivity index (χ1) is 13.3. The van der Waals surface area contributed by atoms with E-state index in [1.54, 1.807) is 6.07 Å². The first kappa shape index (κ1) is 19.3. The van der Waals surface area contributed by atoms with Crippen LogP contribution in [0.15, 0.2) is 35.3 Å². The molecule has 2 heterocycles. The van der Waals surface area contributed by atoms with Crippen molar-refractivity contribution in [1.29, 1.82) is 0 Å². The van der Waals surface area contributed by atoms with Crippen molar-refractivity contribution in [3.63, 3.8) is 0 Å². The molecule has 3 rings (SSSR count). The Morgan fingerprint density at radius 2 is 2.04 bits per heavy atom. The van der Waals surface area contributed by atoms with Crippen LogP contribution in [0, 0.1) is 5.82 Å². The fraction of sp³-hybridized carbons (Fsp3) is 0.211. The molecule has 0 atom stereocenters. The number of carbonyl (C=O) groups is 1. The molecule has 9 heteroatoms. The fourth-order valence-corrected chi connectivity index (χ4v) is 2.90. The van der Waals surface area contributed by atoms with Gasteiger partial charge in [0.2, 0.25) is 0 Å². The van der Waals surface area contributed by atoms with Gasteiger partial charge in [0.05, 0.1) is 12.1 Å². The number of nitrogens with one attached hydrogen (secondary N) is 1. The molecular formula is C19H18FN3O5. The van der Waals surface area contributed by atoms with Gasteiger partial charge in [0.25, 0.3) is 11.5 Å². The number of pyridine rings is 2. The predicted octanol–water partition coefficient (Wildman–Crippen LogP) is 0.797.